The molecule has 0 atom stereocenters. The van der Waals surface area contributed by atoms with Crippen LogP contribution in [0, 0.1) is 0 Å². The lowest BCUT2D eigenvalue weighted by atomic mass is 9.78. The first-order chi connectivity index (χ1) is 8.91. The van der Waals surface area contributed by atoms with Crippen molar-refractivity contribution in [3.8, 4) is 0 Å². The van der Waals surface area contributed by atoms with E-state index in [9.17, 15) is 4.79 Å². The third kappa shape index (κ3) is 3.49. The van der Waals surface area contributed by atoms with Crippen molar-refractivity contribution in [2.24, 2.45) is 0 Å². The molecule has 0 aromatic carbocycles. The lowest BCUT2D eigenvalue weighted by Crippen LogP contribution is -2.48. The van der Waals surface area contributed by atoms with Gasteiger partial charge >= 0.3 is 6.09 Å². The average Bonchev–Trinajstić information content (AvgIpc) is 2.81. The van der Waals surface area contributed by atoms with Crippen LogP contribution >= 0.6 is 0 Å². The third-order valence-electron chi connectivity index (χ3n) is 3.50. The van der Waals surface area contributed by atoms with Gasteiger partial charge in [-0.1, -0.05) is 19.3 Å². The van der Waals surface area contributed by atoms with Gasteiger partial charge in [-0.05, 0) is 33.6 Å². The Balaban J connectivity index is 2.13. The van der Waals surface area contributed by atoms with E-state index in [0.29, 0.717) is 0 Å². The summed E-state index contributed by atoms with van der Waals surface area (Å²) in [5.74, 6) is 0. The summed E-state index contributed by atoms with van der Waals surface area (Å²) >= 11 is 0. The van der Waals surface area contributed by atoms with E-state index in [2.05, 4.69) is 15.5 Å². The van der Waals surface area contributed by atoms with E-state index >= 15 is 0 Å². The fraction of sp³-hybridized carbons (Fsp3) is 0.714. The number of H-pyrrole nitrogens is 1. The Morgan fingerprint density at radius 2 is 2.05 bits per heavy atom. The quantitative estimate of drug-likeness (QED) is 0.863. The average molecular weight is 265 g/mol. The molecule has 5 nitrogen and oxygen atoms in total. The molecule has 1 saturated carbocycles. The normalized spacial score (nSPS) is 18.9. The molecule has 1 aliphatic rings. The van der Waals surface area contributed by atoms with Gasteiger partial charge in [-0.25, -0.2) is 4.79 Å². The monoisotopic (exact) mass is 265 g/mol. The first kappa shape index (κ1) is 13.9. The Kier molecular flexibility index (Phi) is 3.83. The van der Waals surface area contributed by atoms with E-state index in [-0.39, 0.29) is 11.6 Å². The van der Waals surface area contributed by atoms with Crippen molar-refractivity contribution >= 4 is 6.09 Å². The molecule has 1 fully saturated rings. The summed E-state index contributed by atoms with van der Waals surface area (Å²) in [6.45, 7) is 5.62. The van der Waals surface area contributed by atoms with Gasteiger partial charge in [0, 0.05) is 11.8 Å². The summed E-state index contributed by atoms with van der Waals surface area (Å²) in [7, 11) is 0. The summed E-state index contributed by atoms with van der Waals surface area (Å²) < 4.78 is 5.38. The first-order valence-electron chi connectivity index (χ1n) is 6.92. The third-order valence-corrected chi connectivity index (χ3v) is 3.50. The molecule has 19 heavy (non-hydrogen) atoms. The standard InChI is InChI=1S/C14H23N3O2/c1-13(2,3)19-12(18)17-14(7-5-4-6-8-14)11-9-15-16-10-11/h9-10H,4-8H2,1-3H3,(H,15,16)(H,17,18). The highest BCUT2D eigenvalue weighted by Crippen LogP contribution is 2.36. The highest BCUT2D eigenvalue weighted by Gasteiger charge is 2.37. The molecule has 1 aromatic rings. The van der Waals surface area contributed by atoms with Crippen molar-refractivity contribution in [3.63, 3.8) is 0 Å². The van der Waals surface area contributed by atoms with Crippen LogP contribution in [0.15, 0.2) is 12.4 Å². The molecule has 0 unspecified atom stereocenters. The Morgan fingerprint density at radius 1 is 1.37 bits per heavy atom. The lowest BCUT2D eigenvalue weighted by molar-refractivity contribution is 0.0420. The SMILES string of the molecule is CC(C)(C)OC(=O)NC1(c2cn[nH]c2)CCCCC1. The van der Waals surface area contributed by atoms with Crippen molar-refractivity contribution in [1.29, 1.82) is 0 Å². The number of nitrogens with one attached hydrogen (secondary N) is 2. The van der Waals surface area contributed by atoms with Crippen LogP contribution in [0.3, 0.4) is 0 Å². The van der Waals surface area contributed by atoms with E-state index in [0.717, 1.165) is 31.2 Å². The molecule has 1 aromatic heterocycles. The van der Waals surface area contributed by atoms with Crippen LogP contribution in [-0.2, 0) is 10.3 Å². The molecule has 5 heteroatoms. The number of nitrogens with zero attached hydrogens (tertiary/aromatic N) is 1. The maximum Gasteiger partial charge on any atom is 0.408 e. The van der Waals surface area contributed by atoms with Crippen molar-refractivity contribution in [2.45, 2.75) is 64.0 Å². The largest absolute Gasteiger partial charge is 0.444 e. The van der Waals surface area contributed by atoms with Gasteiger partial charge in [0.1, 0.15) is 5.60 Å². The van der Waals surface area contributed by atoms with Gasteiger partial charge in [0.15, 0.2) is 0 Å². The molecule has 1 aliphatic carbocycles. The van der Waals surface area contributed by atoms with Crippen molar-refractivity contribution < 1.29 is 9.53 Å². The topological polar surface area (TPSA) is 67.0 Å². The van der Waals surface area contributed by atoms with Gasteiger partial charge in [0.05, 0.1) is 11.7 Å². The second-order valence-corrected chi connectivity index (χ2v) is 6.26. The molecular formula is C14H23N3O2. The van der Waals surface area contributed by atoms with E-state index in [1.54, 1.807) is 6.20 Å². The predicted molar refractivity (Wildman–Crippen MR) is 72.7 cm³/mol. The van der Waals surface area contributed by atoms with Crippen LogP contribution in [0.4, 0.5) is 4.79 Å². The van der Waals surface area contributed by atoms with Crippen LogP contribution in [0.25, 0.3) is 0 Å². The Morgan fingerprint density at radius 3 is 2.58 bits per heavy atom. The number of rotatable bonds is 2. The van der Waals surface area contributed by atoms with Gasteiger partial charge < -0.3 is 10.1 Å². The minimum absolute atomic E-state index is 0.326. The summed E-state index contributed by atoms with van der Waals surface area (Å²) in [6.07, 6.45) is 8.62. The number of carbonyl (C=O) groups is 1. The number of carbonyl (C=O) groups excluding carboxylic acids is 1. The van der Waals surface area contributed by atoms with Gasteiger partial charge in [0.2, 0.25) is 0 Å². The van der Waals surface area contributed by atoms with E-state index in [4.69, 9.17) is 4.74 Å². The molecule has 2 N–H and O–H groups in total. The first-order valence-corrected chi connectivity index (χ1v) is 6.92. The van der Waals surface area contributed by atoms with E-state index in [1.165, 1.54) is 6.42 Å². The summed E-state index contributed by atoms with van der Waals surface area (Å²) in [5, 5.41) is 9.91. The minimum Gasteiger partial charge on any atom is -0.444 e. The predicted octanol–water partition coefficient (Wildman–Crippen LogP) is 3.09. The summed E-state index contributed by atoms with van der Waals surface area (Å²) in [6, 6.07) is 0. The molecule has 0 saturated heterocycles. The smallest absolute Gasteiger partial charge is 0.408 e. The lowest BCUT2D eigenvalue weighted by Gasteiger charge is -2.37. The van der Waals surface area contributed by atoms with E-state index < -0.39 is 5.60 Å². The van der Waals surface area contributed by atoms with Crippen LogP contribution in [0.1, 0.15) is 58.4 Å². The Bertz CT molecular complexity index is 414. The maximum absolute atomic E-state index is 12.1. The molecule has 0 aliphatic heterocycles. The zero-order chi connectivity index (χ0) is 13.9. The van der Waals surface area contributed by atoms with Crippen LogP contribution in [-0.4, -0.2) is 21.9 Å². The van der Waals surface area contributed by atoms with Gasteiger partial charge in [-0.2, -0.15) is 5.10 Å². The van der Waals surface area contributed by atoms with Crippen LogP contribution in [0.5, 0.6) is 0 Å². The van der Waals surface area contributed by atoms with Gasteiger partial charge in [-0.3, -0.25) is 5.10 Å². The number of hydrogen-bond donors (Lipinski definition) is 2. The summed E-state index contributed by atoms with van der Waals surface area (Å²) in [4.78, 5) is 12.1. The maximum atomic E-state index is 12.1. The number of aromatic nitrogens is 2. The zero-order valence-electron chi connectivity index (χ0n) is 12.0. The molecule has 0 radical (unpaired) electrons. The molecule has 106 valence electrons. The molecule has 0 bridgehead atoms. The fourth-order valence-corrected chi connectivity index (χ4v) is 2.65. The summed E-state index contributed by atoms with van der Waals surface area (Å²) in [5.41, 5.74) is 0.238. The Hall–Kier alpha value is -1.52. The molecule has 2 rings (SSSR count). The van der Waals surface area contributed by atoms with Crippen LogP contribution < -0.4 is 5.32 Å². The van der Waals surface area contributed by atoms with E-state index in [1.807, 2.05) is 27.0 Å². The Labute approximate surface area is 114 Å². The highest BCUT2D eigenvalue weighted by atomic mass is 16.6. The second-order valence-electron chi connectivity index (χ2n) is 6.26. The number of ether oxygens (including phenoxy) is 1. The molecular weight excluding hydrogens is 242 g/mol. The highest BCUT2D eigenvalue weighted by molar-refractivity contribution is 5.69. The molecule has 1 amide bonds. The fourth-order valence-electron chi connectivity index (χ4n) is 2.65. The van der Waals surface area contributed by atoms with Gasteiger partial charge in [-0.15, -0.1) is 0 Å². The van der Waals surface area contributed by atoms with Crippen molar-refractivity contribution in [3.05, 3.63) is 18.0 Å². The minimum atomic E-state index is -0.476. The zero-order valence-corrected chi connectivity index (χ0v) is 12.0. The van der Waals surface area contributed by atoms with Crippen molar-refractivity contribution in [2.75, 3.05) is 0 Å². The van der Waals surface area contributed by atoms with Gasteiger partial charge in [0.25, 0.3) is 0 Å². The number of alkyl carbamates (subject to hydrolysis) is 1. The number of amides is 1. The number of aromatic amines is 1. The molecule has 1 heterocycles. The second kappa shape index (κ2) is 5.23. The van der Waals surface area contributed by atoms with Crippen LogP contribution in [0.2, 0.25) is 0 Å². The van der Waals surface area contributed by atoms with Crippen molar-refractivity contribution in [1.82, 2.24) is 15.5 Å². The molecule has 0 spiro atoms. The number of hydrogen-bond acceptors (Lipinski definition) is 3.